The van der Waals surface area contributed by atoms with E-state index >= 15 is 0 Å². The van der Waals surface area contributed by atoms with Crippen LogP contribution < -0.4 is 0 Å². The zero-order valence-corrected chi connectivity index (χ0v) is 13.9. The highest BCUT2D eigenvalue weighted by Gasteiger charge is 2.39. The first-order chi connectivity index (χ1) is 9.97. The van der Waals surface area contributed by atoms with Gasteiger partial charge in [0.25, 0.3) is 0 Å². The van der Waals surface area contributed by atoms with Crippen molar-refractivity contribution in [3.8, 4) is 0 Å². The summed E-state index contributed by atoms with van der Waals surface area (Å²) in [5.41, 5.74) is -1.39. The lowest BCUT2D eigenvalue weighted by Crippen LogP contribution is -2.41. The zero-order chi connectivity index (χ0) is 16.7. The Morgan fingerprint density at radius 3 is 2.45 bits per heavy atom. The molecule has 5 nitrogen and oxygen atoms in total. The Balaban J connectivity index is 2.28. The molecule has 0 atom stereocenters. The second-order valence-corrected chi connectivity index (χ2v) is 6.63. The first-order valence-corrected chi connectivity index (χ1v) is 7.37. The van der Waals surface area contributed by atoms with E-state index in [0.29, 0.717) is 0 Å². The van der Waals surface area contributed by atoms with Crippen molar-refractivity contribution in [2.45, 2.75) is 45.5 Å². The second-order valence-electron chi connectivity index (χ2n) is 5.92. The summed E-state index contributed by atoms with van der Waals surface area (Å²) in [5, 5.41) is 0. The molecule has 0 radical (unpaired) electrons. The standard InChI is InChI=1S/C13H15BrF3N3O2/c1-12(2,3)22-11(21)20-5-4-7-8(6-20)18-10(14)19-9(7)13(15,16)17/h4-6H2,1-3H3. The van der Waals surface area contributed by atoms with Gasteiger partial charge in [-0.3, -0.25) is 0 Å². The van der Waals surface area contributed by atoms with Crippen LogP contribution in [0.4, 0.5) is 18.0 Å². The fourth-order valence-electron chi connectivity index (χ4n) is 2.12. The molecule has 0 unspecified atom stereocenters. The maximum Gasteiger partial charge on any atom is 0.433 e. The summed E-state index contributed by atoms with van der Waals surface area (Å²) in [6, 6.07) is 0. The average molecular weight is 382 g/mol. The highest BCUT2D eigenvalue weighted by atomic mass is 79.9. The maximum atomic E-state index is 13.0. The fraction of sp³-hybridized carbons (Fsp3) is 0.615. The quantitative estimate of drug-likeness (QED) is 0.644. The van der Waals surface area contributed by atoms with Crippen LogP contribution in [0.25, 0.3) is 0 Å². The smallest absolute Gasteiger partial charge is 0.433 e. The van der Waals surface area contributed by atoms with E-state index in [1.807, 2.05) is 0 Å². The van der Waals surface area contributed by atoms with Crippen LogP contribution in [0.5, 0.6) is 0 Å². The maximum absolute atomic E-state index is 13.0. The number of rotatable bonds is 0. The molecule has 2 rings (SSSR count). The number of fused-ring (bicyclic) bond motifs is 1. The fourth-order valence-corrected chi connectivity index (χ4v) is 2.51. The molecule has 1 amide bonds. The van der Waals surface area contributed by atoms with Crippen molar-refractivity contribution in [1.29, 1.82) is 0 Å². The Kier molecular flexibility index (Phi) is 4.38. The summed E-state index contributed by atoms with van der Waals surface area (Å²) in [4.78, 5) is 20.8. The minimum absolute atomic E-state index is 0.0333. The third-order valence-electron chi connectivity index (χ3n) is 2.96. The van der Waals surface area contributed by atoms with Gasteiger partial charge in [-0.2, -0.15) is 13.2 Å². The van der Waals surface area contributed by atoms with Gasteiger partial charge in [0.2, 0.25) is 0 Å². The molecule has 2 heterocycles. The number of hydrogen-bond donors (Lipinski definition) is 0. The van der Waals surface area contributed by atoms with E-state index < -0.39 is 23.6 Å². The van der Waals surface area contributed by atoms with Crippen LogP contribution >= 0.6 is 15.9 Å². The van der Waals surface area contributed by atoms with Crippen LogP contribution in [-0.2, 0) is 23.9 Å². The average Bonchev–Trinajstić information content (AvgIpc) is 2.33. The van der Waals surface area contributed by atoms with Gasteiger partial charge in [0.05, 0.1) is 12.2 Å². The van der Waals surface area contributed by atoms with Gasteiger partial charge in [0.1, 0.15) is 5.60 Å². The number of halogens is 4. The molecule has 0 N–H and O–H groups in total. The van der Waals surface area contributed by atoms with Crippen LogP contribution in [0, 0.1) is 0 Å². The van der Waals surface area contributed by atoms with Crippen LogP contribution in [0.15, 0.2) is 4.73 Å². The van der Waals surface area contributed by atoms with Gasteiger partial charge in [-0.15, -0.1) is 0 Å². The van der Waals surface area contributed by atoms with Crippen molar-refractivity contribution in [3.63, 3.8) is 0 Å². The number of alkyl halides is 3. The molecule has 1 aromatic rings. The van der Waals surface area contributed by atoms with E-state index in [0.717, 1.165) is 0 Å². The largest absolute Gasteiger partial charge is 0.444 e. The number of hydrogen-bond acceptors (Lipinski definition) is 4. The molecule has 0 fully saturated rings. The lowest BCUT2D eigenvalue weighted by molar-refractivity contribution is -0.142. The monoisotopic (exact) mass is 381 g/mol. The molecule has 0 bridgehead atoms. The molecule has 0 spiro atoms. The number of carbonyl (C=O) groups excluding carboxylic acids is 1. The third kappa shape index (κ3) is 3.88. The van der Waals surface area contributed by atoms with Gasteiger partial charge in [0.15, 0.2) is 10.4 Å². The van der Waals surface area contributed by atoms with E-state index in [-0.39, 0.29) is 35.5 Å². The number of amides is 1. The topological polar surface area (TPSA) is 55.3 Å². The number of carbonyl (C=O) groups is 1. The Morgan fingerprint density at radius 2 is 1.91 bits per heavy atom. The summed E-state index contributed by atoms with van der Waals surface area (Å²) in [5.74, 6) is 0. The van der Waals surface area contributed by atoms with Crippen molar-refractivity contribution in [2.24, 2.45) is 0 Å². The van der Waals surface area contributed by atoms with E-state index in [4.69, 9.17) is 4.74 Å². The first-order valence-electron chi connectivity index (χ1n) is 6.58. The van der Waals surface area contributed by atoms with Crippen molar-refractivity contribution < 1.29 is 22.7 Å². The van der Waals surface area contributed by atoms with E-state index in [2.05, 4.69) is 25.9 Å². The van der Waals surface area contributed by atoms with Crippen molar-refractivity contribution in [1.82, 2.24) is 14.9 Å². The van der Waals surface area contributed by atoms with Gasteiger partial charge in [-0.05, 0) is 43.1 Å². The molecule has 1 aromatic heterocycles. The molecule has 122 valence electrons. The van der Waals surface area contributed by atoms with Crippen molar-refractivity contribution in [3.05, 3.63) is 21.7 Å². The lowest BCUT2D eigenvalue weighted by Gasteiger charge is -2.31. The highest BCUT2D eigenvalue weighted by molar-refractivity contribution is 9.10. The molecule has 9 heteroatoms. The number of aromatic nitrogens is 2. The molecule has 0 saturated heterocycles. The Hall–Kier alpha value is -1.38. The summed E-state index contributed by atoms with van der Waals surface area (Å²) in [6.45, 7) is 5.28. The Morgan fingerprint density at radius 1 is 1.27 bits per heavy atom. The van der Waals surface area contributed by atoms with Crippen molar-refractivity contribution in [2.75, 3.05) is 6.54 Å². The molecule has 0 saturated carbocycles. The van der Waals surface area contributed by atoms with Gasteiger partial charge in [-0.1, -0.05) is 0 Å². The zero-order valence-electron chi connectivity index (χ0n) is 12.3. The lowest BCUT2D eigenvalue weighted by atomic mass is 10.0. The molecule has 1 aliphatic heterocycles. The normalized spacial score (nSPS) is 15.5. The predicted octanol–water partition coefficient (Wildman–Crippen LogP) is 3.55. The van der Waals surface area contributed by atoms with Gasteiger partial charge < -0.3 is 9.64 Å². The molecule has 0 aromatic carbocycles. The van der Waals surface area contributed by atoms with Crippen LogP contribution in [0.2, 0.25) is 0 Å². The number of ether oxygens (including phenoxy) is 1. The predicted molar refractivity (Wildman–Crippen MR) is 75.1 cm³/mol. The molecular weight excluding hydrogens is 367 g/mol. The summed E-state index contributed by atoms with van der Waals surface area (Å²) in [7, 11) is 0. The van der Waals surface area contributed by atoms with Gasteiger partial charge in [0, 0.05) is 12.1 Å². The van der Waals surface area contributed by atoms with E-state index in [1.165, 1.54) is 4.90 Å². The molecular formula is C13H15BrF3N3O2. The first kappa shape index (κ1) is 17.0. The SMILES string of the molecule is CC(C)(C)OC(=O)N1CCc2c(nc(Br)nc2C(F)(F)F)C1. The third-order valence-corrected chi connectivity index (χ3v) is 3.31. The summed E-state index contributed by atoms with van der Waals surface area (Å²) < 4.78 is 44.1. The van der Waals surface area contributed by atoms with Crippen LogP contribution in [-0.4, -0.2) is 33.1 Å². The van der Waals surface area contributed by atoms with Crippen LogP contribution in [0.3, 0.4) is 0 Å². The minimum Gasteiger partial charge on any atom is -0.444 e. The van der Waals surface area contributed by atoms with Crippen LogP contribution in [0.1, 0.15) is 37.7 Å². The second kappa shape index (κ2) is 5.68. The Labute approximate surface area is 134 Å². The molecule has 22 heavy (non-hydrogen) atoms. The van der Waals surface area contributed by atoms with Gasteiger partial charge >= 0.3 is 12.3 Å². The van der Waals surface area contributed by atoms with E-state index in [1.54, 1.807) is 20.8 Å². The molecule has 0 aliphatic carbocycles. The molecule has 1 aliphatic rings. The van der Waals surface area contributed by atoms with Crippen molar-refractivity contribution >= 4 is 22.0 Å². The highest BCUT2D eigenvalue weighted by Crippen LogP contribution is 2.34. The Bertz CT molecular complexity index is 599. The summed E-state index contributed by atoms with van der Waals surface area (Å²) in [6.07, 6.45) is -5.08. The summed E-state index contributed by atoms with van der Waals surface area (Å²) >= 11 is 2.88. The van der Waals surface area contributed by atoms with E-state index in [9.17, 15) is 18.0 Å². The van der Waals surface area contributed by atoms with Gasteiger partial charge in [-0.25, -0.2) is 14.8 Å². The number of nitrogens with zero attached hydrogens (tertiary/aromatic N) is 3. The minimum atomic E-state index is -4.55.